The Balaban J connectivity index is 1.69. The summed E-state index contributed by atoms with van der Waals surface area (Å²) in [5.74, 6) is 0. The first kappa shape index (κ1) is 9.67. The van der Waals surface area contributed by atoms with Gasteiger partial charge in [0.05, 0.1) is 12.5 Å². The second-order valence-electron chi connectivity index (χ2n) is 4.30. The number of hydrogen-bond donors (Lipinski definition) is 1. The second kappa shape index (κ2) is 4.14. The third-order valence-corrected chi connectivity index (χ3v) is 3.27. The van der Waals surface area contributed by atoms with Crippen LogP contribution in [-0.4, -0.2) is 0 Å². The van der Waals surface area contributed by atoms with Crippen LogP contribution >= 0.6 is 0 Å². The summed E-state index contributed by atoms with van der Waals surface area (Å²) < 4.78 is 5.06. The molecule has 2 nitrogen and oxygen atoms in total. The van der Waals surface area contributed by atoms with Crippen molar-refractivity contribution in [2.24, 2.45) is 0 Å². The molecule has 1 aromatic heterocycles. The highest BCUT2D eigenvalue weighted by Gasteiger charge is 2.20. The average molecular weight is 213 g/mol. The van der Waals surface area contributed by atoms with Gasteiger partial charge in [-0.25, -0.2) is 0 Å². The van der Waals surface area contributed by atoms with Crippen molar-refractivity contribution >= 4 is 0 Å². The lowest BCUT2D eigenvalue weighted by Crippen LogP contribution is -2.18. The molecule has 0 radical (unpaired) electrons. The lowest BCUT2D eigenvalue weighted by molar-refractivity contribution is 0.521. The molecule has 1 unspecified atom stereocenters. The molecule has 1 aromatic carbocycles. The molecule has 0 fully saturated rings. The molecule has 0 amide bonds. The third kappa shape index (κ3) is 1.76. The Morgan fingerprint density at radius 2 is 2.19 bits per heavy atom. The summed E-state index contributed by atoms with van der Waals surface area (Å²) in [5, 5.41) is 3.58. The van der Waals surface area contributed by atoms with Gasteiger partial charge in [-0.15, -0.1) is 0 Å². The zero-order valence-corrected chi connectivity index (χ0v) is 9.15. The van der Waals surface area contributed by atoms with E-state index in [-0.39, 0.29) is 0 Å². The summed E-state index contributed by atoms with van der Waals surface area (Å²) in [6.45, 7) is 0.884. The maximum Gasteiger partial charge on any atom is 0.0947 e. The van der Waals surface area contributed by atoms with Gasteiger partial charge in [0.15, 0.2) is 0 Å². The van der Waals surface area contributed by atoms with E-state index in [2.05, 4.69) is 29.6 Å². The molecule has 0 saturated carbocycles. The van der Waals surface area contributed by atoms with Crippen LogP contribution in [0.25, 0.3) is 0 Å². The predicted molar refractivity (Wildman–Crippen MR) is 63.1 cm³/mol. The van der Waals surface area contributed by atoms with Crippen LogP contribution in [0.2, 0.25) is 0 Å². The van der Waals surface area contributed by atoms with Crippen LogP contribution in [0.15, 0.2) is 47.3 Å². The number of aryl methyl sites for hydroxylation is 1. The molecular weight excluding hydrogens is 198 g/mol. The summed E-state index contributed by atoms with van der Waals surface area (Å²) in [4.78, 5) is 0. The monoisotopic (exact) mass is 213 g/mol. The van der Waals surface area contributed by atoms with Crippen molar-refractivity contribution in [3.05, 3.63) is 59.5 Å². The lowest BCUT2D eigenvalue weighted by atomic mass is 10.1. The smallest absolute Gasteiger partial charge is 0.0947 e. The van der Waals surface area contributed by atoms with Gasteiger partial charge in [0, 0.05) is 18.2 Å². The first-order valence-corrected chi connectivity index (χ1v) is 5.76. The molecule has 16 heavy (non-hydrogen) atoms. The highest BCUT2D eigenvalue weighted by Crippen LogP contribution is 2.30. The van der Waals surface area contributed by atoms with Crippen LogP contribution in [-0.2, 0) is 13.0 Å². The molecule has 2 heteroatoms. The van der Waals surface area contributed by atoms with Gasteiger partial charge in [-0.1, -0.05) is 24.3 Å². The Bertz CT molecular complexity index is 461. The zero-order valence-electron chi connectivity index (χ0n) is 9.15. The van der Waals surface area contributed by atoms with Crippen molar-refractivity contribution in [3.8, 4) is 0 Å². The van der Waals surface area contributed by atoms with Gasteiger partial charge in [-0.2, -0.15) is 0 Å². The molecule has 0 bridgehead atoms. The molecule has 1 aliphatic rings. The van der Waals surface area contributed by atoms with Crippen molar-refractivity contribution in [2.75, 3.05) is 0 Å². The lowest BCUT2D eigenvalue weighted by Gasteiger charge is -2.12. The van der Waals surface area contributed by atoms with Gasteiger partial charge < -0.3 is 9.73 Å². The molecule has 1 heterocycles. The Morgan fingerprint density at radius 3 is 3.06 bits per heavy atom. The zero-order chi connectivity index (χ0) is 10.8. The van der Waals surface area contributed by atoms with Gasteiger partial charge in [-0.3, -0.25) is 0 Å². The first-order chi connectivity index (χ1) is 7.93. The standard InChI is InChI=1S/C14H15NO/c1-2-4-13-12(3-1)5-6-14(13)15-9-11-7-8-16-10-11/h1-4,7-8,10,14-15H,5-6,9H2. The summed E-state index contributed by atoms with van der Waals surface area (Å²) in [7, 11) is 0. The fourth-order valence-corrected chi connectivity index (χ4v) is 2.40. The molecule has 0 aliphatic heterocycles. The fraction of sp³-hybridized carbons (Fsp3) is 0.286. The summed E-state index contributed by atoms with van der Waals surface area (Å²) >= 11 is 0. The largest absolute Gasteiger partial charge is 0.472 e. The van der Waals surface area contributed by atoms with E-state index < -0.39 is 0 Å². The molecular formula is C14H15NO. The number of nitrogens with one attached hydrogen (secondary N) is 1. The highest BCUT2D eigenvalue weighted by molar-refractivity contribution is 5.34. The van der Waals surface area contributed by atoms with Crippen LogP contribution in [0.4, 0.5) is 0 Å². The minimum Gasteiger partial charge on any atom is -0.472 e. The predicted octanol–water partition coefficient (Wildman–Crippen LogP) is 3.06. The van der Waals surface area contributed by atoms with E-state index in [0.29, 0.717) is 6.04 Å². The molecule has 1 aliphatic carbocycles. The van der Waals surface area contributed by atoms with Gasteiger partial charge in [0.2, 0.25) is 0 Å². The summed E-state index contributed by atoms with van der Waals surface area (Å²) in [5.41, 5.74) is 4.17. The topological polar surface area (TPSA) is 25.2 Å². The van der Waals surface area contributed by atoms with E-state index in [1.54, 1.807) is 12.5 Å². The minimum atomic E-state index is 0.506. The van der Waals surface area contributed by atoms with Crippen molar-refractivity contribution in [2.45, 2.75) is 25.4 Å². The van der Waals surface area contributed by atoms with E-state index >= 15 is 0 Å². The number of fused-ring (bicyclic) bond motifs is 1. The molecule has 0 spiro atoms. The number of furan rings is 1. The molecule has 1 N–H and O–H groups in total. The molecule has 2 aromatic rings. The summed E-state index contributed by atoms with van der Waals surface area (Å²) in [6.07, 6.45) is 5.92. The molecule has 1 atom stereocenters. The molecule has 0 saturated heterocycles. The van der Waals surface area contributed by atoms with Gasteiger partial charge in [0.1, 0.15) is 0 Å². The fourth-order valence-electron chi connectivity index (χ4n) is 2.40. The van der Waals surface area contributed by atoms with Crippen molar-refractivity contribution < 1.29 is 4.42 Å². The van der Waals surface area contributed by atoms with E-state index in [1.807, 2.05) is 6.07 Å². The second-order valence-corrected chi connectivity index (χ2v) is 4.30. The van der Waals surface area contributed by atoms with Crippen LogP contribution < -0.4 is 5.32 Å². The Labute approximate surface area is 95.3 Å². The van der Waals surface area contributed by atoms with Gasteiger partial charge >= 0.3 is 0 Å². The first-order valence-electron chi connectivity index (χ1n) is 5.76. The maximum atomic E-state index is 5.06. The van der Waals surface area contributed by atoms with E-state index in [1.165, 1.54) is 29.5 Å². The van der Waals surface area contributed by atoms with Gasteiger partial charge in [-0.05, 0) is 30.0 Å². The van der Waals surface area contributed by atoms with Crippen LogP contribution in [0, 0.1) is 0 Å². The SMILES string of the molecule is c1ccc2c(c1)CCC2NCc1ccoc1. The van der Waals surface area contributed by atoms with Crippen LogP contribution in [0.5, 0.6) is 0 Å². The number of benzene rings is 1. The Morgan fingerprint density at radius 1 is 1.25 bits per heavy atom. The Hall–Kier alpha value is -1.54. The average Bonchev–Trinajstić information content (AvgIpc) is 2.96. The highest BCUT2D eigenvalue weighted by atomic mass is 16.3. The quantitative estimate of drug-likeness (QED) is 0.847. The van der Waals surface area contributed by atoms with Gasteiger partial charge in [0.25, 0.3) is 0 Å². The number of rotatable bonds is 3. The van der Waals surface area contributed by atoms with Crippen molar-refractivity contribution in [1.82, 2.24) is 5.32 Å². The van der Waals surface area contributed by atoms with E-state index in [9.17, 15) is 0 Å². The third-order valence-electron chi connectivity index (χ3n) is 3.27. The minimum absolute atomic E-state index is 0.506. The molecule has 82 valence electrons. The number of hydrogen-bond acceptors (Lipinski definition) is 2. The van der Waals surface area contributed by atoms with Crippen molar-refractivity contribution in [3.63, 3.8) is 0 Å². The van der Waals surface area contributed by atoms with Crippen molar-refractivity contribution in [1.29, 1.82) is 0 Å². The van der Waals surface area contributed by atoms with Crippen LogP contribution in [0.1, 0.15) is 29.2 Å². The molecule has 3 rings (SSSR count). The maximum absolute atomic E-state index is 5.06. The Kier molecular flexibility index (Phi) is 2.50. The summed E-state index contributed by atoms with van der Waals surface area (Å²) in [6, 6.07) is 11.2. The van der Waals surface area contributed by atoms with E-state index in [0.717, 1.165) is 6.54 Å². The van der Waals surface area contributed by atoms with Crippen LogP contribution in [0.3, 0.4) is 0 Å². The van der Waals surface area contributed by atoms with E-state index in [4.69, 9.17) is 4.42 Å². The normalized spacial score (nSPS) is 18.6.